The highest BCUT2D eigenvalue weighted by Crippen LogP contribution is 2.22. The first-order chi connectivity index (χ1) is 13.1. The molecule has 138 valence electrons. The van der Waals surface area contributed by atoms with E-state index < -0.39 is 0 Å². The van der Waals surface area contributed by atoms with E-state index in [2.05, 4.69) is 10.3 Å². The molecule has 1 aliphatic rings. The Balaban J connectivity index is 1.35. The monoisotopic (exact) mass is 365 g/mol. The minimum absolute atomic E-state index is 0.0383. The number of H-pyrrole nitrogens is 1. The molecule has 0 atom stereocenters. The molecule has 4 rings (SSSR count). The first kappa shape index (κ1) is 17.3. The minimum atomic E-state index is -0.336. The Morgan fingerprint density at radius 1 is 1.04 bits per heavy atom. The van der Waals surface area contributed by atoms with Crippen LogP contribution in [0.15, 0.2) is 54.6 Å². The number of nitrogens with zero attached hydrogens (tertiary/aromatic N) is 1. The van der Waals surface area contributed by atoms with Crippen LogP contribution in [0.5, 0.6) is 0 Å². The first-order valence-corrected chi connectivity index (χ1v) is 9.03. The third-order valence-corrected chi connectivity index (χ3v) is 5.03. The molecule has 0 spiro atoms. The Bertz CT molecular complexity index is 940. The highest BCUT2D eigenvalue weighted by molar-refractivity contribution is 5.98. The molecule has 1 saturated heterocycles. The summed E-state index contributed by atoms with van der Waals surface area (Å²) in [5, 5.41) is 3.83. The van der Waals surface area contributed by atoms with Crippen LogP contribution >= 0.6 is 0 Å². The topological polar surface area (TPSA) is 65.2 Å². The summed E-state index contributed by atoms with van der Waals surface area (Å²) < 4.78 is 13.0. The number of halogens is 1. The molecule has 2 N–H and O–H groups in total. The number of aromatic amines is 1. The van der Waals surface area contributed by atoms with Gasteiger partial charge in [0.15, 0.2) is 0 Å². The number of para-hydroxylation sites is 1. The number of hydrogen-bond donors (Lipinski definition) is 2. The standard InChI is InChI=1S/C21H20FN3O2/c22-16-5-7-17(8-6-16)23-20(26)14-9-11-25(12-10-14)21(27)19-13-15-3-1-2-4-18(15)24-19/h1-8,13-14,24H,9-12H2,(H,23,26). The van der Waals surface area contributed by atoms with Gasteiger partial charge in [-0.2, -0.15) is 0 Å². The average molecular weight is 365 g/mol. The zero-order valence-corrected chi connectivity index (χ0v) is 14.7. The number of carbonyl (C=O) groups excluding carboxylic acids is 2. The van der Waals surface area contributed by atoms with Gasteiger partial charge in [0, 0.05) is 35.6 Å². The van der Waals surface area contributed by atoms with Crippen LogP contribution < -0.4 is 5.32 Å². The van der Waals surface area contributed by atoms with Crippen LogP contribution in [0, 0.1) is 11.7 Å². The Morgan fingerprint density at radius 2 is 1.74 bits per heavy atom. The Hall–Kier alpha value is -3.15. The van der Waals surface area contributed by atoms with Crippen LogP contribution in [0.25, 0.3) is 10.9 Å². The van der Waals surface area contributed by atoms with Gasteiger partial charge in [0.2, 0.25) is 5.91 Å². The van der Waals surface area contributed by atoms with Crippen LogP contribution in [0.3, 0.4) is 0 Å². The van der Waals surface area contributed by atoms with E-state index in [9.17, 15) is 14.0 Å². The molecular formula is C21H20FN3O2. The van der Waals surface area contributed by atoms with E-state index in [0.29, 0.717) is 37.3 Å². The second-order valence-corrected chi connectivity index (χ2v) is 6.83. The van der Waals surface area contributed by atoms with Crippen LogP contribution in [0.2, 0.25) is 0 Å². The lowest BCUT2D eigenvalue weighted by atomic mass is 9.95. The molecule has 3 aromatic rings. The van der Waals surface area contributed by atoms with Gasteiger partial charge in [-0.1, -0.05) is 18.2 Å². The molecule has 2 heterocycles. The second kappa shape index (κ2) is 7.23. The summed E-state index contributed by atoms with van der Waals surface area (Å²) in [7, 11) is 0. The number of hydrogen-bond acceptors (Lipinski definition) is 2. The zero-order chi connectivity index (χ0) is 18.8. The van der Waals surface area contributed by atoms with Gasteiger partial charge in [-0.3, -0.25) is 9.59 Å². The number of fused-ring (bicyclic) bond motifs is 1. The minimum Gasteiger partial charge on any atom is -0.351 e. The molecule has 1 aromatic heterocycles. The summed E-state index contributed by atoms with van der Waals surface area (Å²) in [6.45, 7) is 1.07. The quantitative estimate of drug-likeness (QED) is 0.741. The number of likely N-dealkylation sites (tertiary alicyclic amines) is 1. The number of piperidine rings is 1. The first-order valence-electron chi connectivity index (χ1n) is 9.03. The number of carbonyl (C=O) groups is 2. The molecule has 0 bridgehead atoms. The van der Waals surface area contributed by atoms with E-state index in [1.165, 1.54) is 12.1 Å². The predicted octanol–water partition coefficient (Wildman–Crippen LogP) is 3.80. The number of amides is 2. The SMILES string of the molecule is O=C(Nc1ccc(F)cc1)C1CCN(C(=O)c2cc3ccccc3[nH]2)CC1. The average Bonchev–Trinajstić information content (AvgIpc) is 3.13. The van der Waals surface area contributed by atoms with E-state index in [1.807, 2.05) is 30.3 Å². The van der Waals surface area contributed by atoms with Crippen LogP contribution in [0.1, 0.15) is 23.3 Å². The number of nitrogens with one attached hydrogen (secondary N) is 2. The Morgan fingerprint density at radius 3 is 2.44 bits per heavy atom. The fourth-order valence-corrected chi connectivity index (χ4v) is 3.48. The number of anilines is 1. The lowest BCUT2D eigenvalue weighted by Gasteiger charge is -2.31. The van der Waals surface area contributed by atoms with Crippen molar-refractivity contribution in [1.29, 1.82) is 0 Å². The van der Waals surface area contributed by atoms with Crippen molar-refractivity contribution in [2.24, 2.45) is 5.92 Å². The summed E-state index contributed by atoms with van der Waals surface area (Å²) in [5.41, 5.74) is 2.10. The predicted molar refractivity (Wildman–Crippen MR) is 102 cm³/mol. The van der Waals surface area contributed by atoms with Crippen molar-refractivity contribution in [3.8, 4) is 0 Å². The van der Waals surface area contributed by atoms with Crippen molar-refractivity contribution in [3.63, 3.8) is 0 Å². The van der Waals surface area contributed by atoms with Crippen molar-refractivity contribution < 1.29 is 14.0 Å². The van der Waals surface area contributed by atoms with Crippen molar-refractivity contribution in [2.45, 2.75) is 12.8 Å². The van der Waals surface area contributed by atoms with E-state index >= 15 is 0 Å². The van der Waals surface area contributed by atoms with Crippen molar-refractivity contribution >= 4 is 28.4 Å². The maximum absolute atomic E-state index is 13.0. The van der Waals surface area contributed by atoms with E-state index in [4.69, 9.17) is 0 Å². The fourth-order valence-electron chi connectivity index (χ4n) is 3.48. The fraction of sp³-hybridized carbons (Fsp3) is 0.238. The van der Waals surface area contributed by atoms with Gasteiger partial charge in [0.25, 0.3) is 5.91 Å². The van der Waals surface area contributed by atoms with Crippen molar-refractivity contribution in [1.82, 2.24) is 9.88 Å². The summed E-state index contributed by atoms with van der Waals surface area (Å²) in [6.07, 6.45) is 1.22. The van der Waals surface area contributed by atoms with Gasteiger partial charge in [-0.25, -0.2) is 4.39 Å². The molecule has 0 unspecified atom stereocenters. The summed E-state index contributed by atoms with van der Waals surface area (Å²) in [6, 6.07) is 15.4. The summed E-state index contributed by atoms with van der Waals surface area (Å²) >= 11 is 0. The van der Waals surface area contributed by atoms with Crippen molar-refractivity contribution in [2.75, 3.05) is 18.4 Å². The molecule has 5 nitrogen and oxygen atoms in total. The highest BCUT2D eigenvalue weighted by atomic mass is 19.1. The molecule has 27 heavy (non-hydrogen) atoms. The Kier molecular flexibility index (Phi) is 4.62. The normalized spacial score (nSPS) is 15.1. The molecule has 6 heteroatoms. The molecule has 0 radical (unpaired) electrons. The number of benzene rings is 2. The smallest absolute Gasteiger partial charge is 0.270 e. The summed E-state index contributed by atoms with van der Waals surface area (Å²) in [5.74, 6) is -0.610. The molecule has 1 fully saturated rings. The maximum Gasteiger partial charge on any atom is 0.270 e. The largest absolute Gasteiger partial charge is 0.351 e. The third-order valence-electron chi connectivity index (χ3n) is 5.03. The van der Waals surface area contributed by atoms with Crippen molar-refractivity contribution in [3.05, 3.63) is 66.1 Å². The van der Waals surface area contributed by atoms with Gasteiger partial charge < -0.3 is 15.2 Å². The van der Waals surface area contributed by atoms with E-state index in [-0.39, 0.29) is 23.5 Å². The lowest BCUT2D eigenvalue weighted by molar-refractivity contribution is -0.121. The van der Waals surface area contributed by atoms with Crippen LogP contribution in [0.4, 0.5) is 10.1 Å². The number of rotatable bonds is 3. The molecule has 2 aromatic carbocycles. The molecule has 0 saturated carbocycles. The molecule has 2 amide bonds. The van der Waals surface area contributed by atoms with Gasteiger partial charge in [0.05, 0.1) is 0 Å². The van der Waals surface area contributed by atoms with Crippen LogP contribution in [-0.2, 0) is 4.79 Å². The Labute approximate surface area is 156 Å². The zero-order valence-electron chi connectivity index (χ0n) is 14.7. The lowest BCUT2D eigenvalue weighted by Crippen LogP contribution is -2.41. The highest BCUT2D eigenvalue weighted by Gasteiger charge is 2.28. The van der Waals surface area contributed by atoms with Gasteiger partial charge in [-0.05, 0) is 49.2 Å². The van der Waals surface area contributed by atoms with Gasteiger partial charge in [-0.15, -0.1) is 0 Å². The van der Waals surface area contributed by atoms with E-state index in [1.54, 1.807) is 17.0 Å². The molecule has 1 aliphatic heterocycles. The third kappa shape index (κ3) is 3.69. The summed E-state index contributed by atoms with van der Waals surface area (Å²) in [4.78, 5) is 30.1. The number of aromatic nitrogens is 1. The van der Waals surface area contributed by atoms with Gasteiger partial charge in [0.1, 0.15) is 11.5 Å². The molecule has 0 aliphatic carbocycles. The van der Waals surface area contributed by atoms with E-state index in [0.717, 1.165) is 10.9 Å². The molecular weight excluding hydrogens is 345 g/mol. The maximum atomic E-state index is 13.0. The van der Waals surface area contributed by atoms with Gasteiger partial charge >= 0.3 is 0 Å². The van der Waals surface area contributed by atoms with Crippen LogP contribution in [-0.4, -0.2) is 34.8 Å². The second-order valence-electron chi connectivity index (χ2n) is 6.83.